The van der Waals surface area contributed by atoms with Gasteiger partial charge in [0.2, 0.25) is 0 Å². The number of rotatable bonds is 3. The summed E-state index contributed by atoms with van der Waals surface area (Å²) in [4.78, 5) is 12.0. The number of nitrogens with one attached hydrogen (secondary N) is 1. The number of nitriles is 1. The van der Waals surface area contributed by atoms with Crippen LogP contribution in [0.3, 0.4) is 0 Å². The maximum absolute atomic E-state index is 12.0. The Labute approximate surface area is 111 Å². The highest BCUT2D eigenvalue weighted by Crippen LogP contribution is 2.19. The molecule has 2 N–H and O–H groups in total. The van der Waals surface area contributed by atoms with E-state index in [1.54, 1.807) is 24.3 Å². The Morgan fingerprint density at radius 3 is 2.79 bits per heavy atom. The highest BCUT2D eigenvalue weighted by atomic mass is 16.5. The highest BCUT2D eigenvalue weighted by Gasteiger charge is 2.30. The van der Waals surface area contributed by atoms with Gasteiger partial charge in [0, 0.05) is 32.6 Å². The van der Waals surface area contributed by atoms with Gasteiger partial charge in [-0.05, 0) is 12.1 Å². The number of carbonyl (C=O) groups is 1. The second kappa shape index (κ2) is 5.83. The molecule has 0 atom stereocenters. The van der Waals surface area contributed by atoms with Crippen LogP contribution in [0.4, 0.5) is 0 Å². The number of ether oxygens (including phenoxy) is 1. The van der Waals surface area contributed by atoms with Gasteiger partial charge in [0.15, 0.2) is 0 Å². The van der Waals surface area contributed by atoms with Gasteiger partial charge in [-0.2, -0.15) is 5.26 Å². The van der Waals surface area contributed by atoms with Crippen molar-refractivity contribution in [3.05, 3.63) is 35.4 Å². The molecule has 1 fully saturated rings. The van der Waals surface area contributed by atoms with Crippen molar-refractivity contribution in [3.8, 4) is 6.07 Å². The van der Waals surface area contributed by atoms with Crippen molar-refractivity contribution in [2.75, 3.05) is 19.8 Å². The van der Waals surface area contributed by atoms with E-state index in [1.165, 1.54) is 0 Å². The molecule has 1 aliphatic heterocycles. The van der Waals surface area contributed by atoms with Crippen molar-refractivity contribution in [2.24, 2.45) is 0 Å². The van der Waals surface area contributed by atoms with Gasteiger partial charge < -0.3 is 15.2 Å². The van der Waals surface area contributed by atoms with E-state index in [0.29, 0.717) is 37.2 Å². The van der Waals surface area contributed by atoms with Crippen LogP contribution in [0.25, 0.3) is 0 Å². The van der Waals surface area contributed by atoms with Crippen LogP contribution in [-0.2, 0) is 4.74 Å². The molecule has 2 rings (SSSR count). The molecule has 0 radical (unpaired) electrons. The number of aliphatic hydroxyl groups is 1. The van der Waals surface area contributed by atoms with Crippen LogP contribution in [0, 0.1) is 11.3 Å². The van der Waals surface area contributed by atoms with Gasteiger partial charge in [0.1, 0.15) is 0 Å². The van der Waals surface area contributed by atoms with Gasteiger partial charge >= 0.3 is 0 Å². The van der Waals surface area contributed by atoms with Crippen LogP contribution < -0.4 is 5.32 Å². The van der Waals surface area contributed by atoms with Crippen LogP contribution in [0.15, 0.2) is 24.3 Å². The van der Waals surface area contributed by atoms with Crippen LogP contribution >= 0.6 is 0 Å². The molecular formula is C14H16N2O3. The molecule has 0 unspecified atom stereocenters. The third-order valence-electron chi connectivity index (χ3n) is 3.29. The number of amides is 1. The first-order valence-electron chi connectivity index (χ1n) is 6.22. The first kappa shape index (κ1) is 13.5. The minimum absolute atomic E-state index is 0.176. The van der Waals surface area contributed by atoms with Gasteiger partial charge in [-0.1, -0.05) is 12.1 Å². The molecule has 5 nitrogen and oxygen atoms in total. The van der Waals surface area contributed by atoms with E-state index in [0.717, 1.165) is 0 Å². The van der Waals surface area contributed by atoms with E-state index >= 15 is 0 Å². The molecule has 5 heteroatoms. The van der Waals surface area contributed by atoms with Crippen molar-refractivity contribution in [3.63, 3.8) is 0 Å². The predicted octanol–water partition coefficient (Wildman–Crippen LogP) is 0.830. The van der Waals surface area contributed by atoms with Gasteiger partial charge in [-0.15, -0.1) is 0 Å². The second-order valence-corrected chi connectivity index (χ2v) is 4.68. The Hall–Kier alpha value is -1.90. The number of benzene rings is 1. The summed E-state index contributed by atoms with van der Waals surface area (Å²) in [7, 11) is 0. The molecule has 100 valence electrons. The lowest BCUT2D eigenvalue weighted by Crippen LogP contribution is -2.46. The van der Waals surface area contributed by atoms with E-state index in [2.05, 4.69) is 5.32 Å². The maximum atomic E-state index is 12.0. The summed E-state index contributed by atoms with van der Waals surface area (Å²) in [5.41, 5.74) is -0.241. The van der Waals surface area contributed by atoms with E-state index in [1.807, 2.05) is 6.07 Å². The Morgan fingerprint density at radius 1 is 1.42 bits per heavy atom. The third-order valence-corrected chi connectivity index (χ3v) is 3.29. The normalized spacial score (nSPS) is 17.5. The highest BCUT2D eigenvalue weighted by molar-refractivity contribution is 5.96. The number of carbonyl (C=O) groups excluding carboxylic acids is 1. The number of nitrogens with zero attached hydrogens (tertiary/aromatic N) is 1. The smallest absolute Gasteiger partial charge is 0.252 e. The Kier molecular flexibility index (Phi) is 4.15. The minimum atomic E-state index is -0.907. The first-order chi connectivity index (χ1) is 9.14. The molecular weight excluding hydrogens is 244 g/mol. The average molecular weight is 260 g/mol. The van der Waals surface area contributed by atoms with Gasteiger partial charge in [-0.25, -0.2) is 0 Å². The molecule has 0 spiro atoms. The fourth-order valence-electron chi connectivity index (χ4n) is 2.05. The predicted molar refractivity (Wildman–Crippen MR) is 68.5 cm³/mol. The summed E-state index contributed by atoms with van der Waals surface area (Å²) in [5.74, 6) is -0.336. The zero-order valence-electron chi connectivity index (χ0n) is 10.6. The molecule has 1 aromatic carbocycles. The van der Waals surface area contributed by atoms with Gasteiger partial charge in [-0.3, -0.25) is 4.79 Å². The Bertz CT molecular complexity index is 502. The van der Waals surface area contributed by atoms with Crippen LogP contribution in [0.1, 0.15) is 28.8 Å². The van der Waals surface area contributed by atoms with Crippen molar-refractivity contribution < 1.29 is 14.6 Å². The summed E-state index contributed by atoms with van der Waals surface area (Å²) in [6.45, 7) is 1.18. The lowest BCUT2D eigenvalue weighted by molar-refractivity contribution is -0.0605. The lowest BCUT2D eigenvalue weighted by atomic mass is 9.94. The fourth-order valence-corrected chi connectivity index (χ4v) is 2.05. The monoisotopic (exact) mass is 260 g/mol. The molecule has 1 heterocycles. The van der Waals surface area contributed by atoms with E-state index in [9.17, 15) is 9.90 Å². The first-order valence-corrected chi connectivity index (χ1v) is 6.22. The molecule has 0 aliphatic carbocycles. The zero-order valence-corrected chi connectivity index (χ0v) is 10.6. The third kappa shape index (κ3) is 3.31. The number of hydrogen-bond donors (Lipinski definition) is 2. The molecule has 1 aliphatic rings. The summed E-state index contributed by atoms with van der Waals surface area (Å²) < 4.78 is 5.18. The van der Waals surface area contributed by atoms with Crippen LogP contribution in [-0.4, -0.2) is 36.4 Å². The molecule has 0 bridgehead atoms. The molecule has 1 amide bonds. The molecule has 1 saturated heterocycles. The van der Waals surface area contributed by atoms with Crippen molar-refractivity contribution >= 4 is 5.91 Å². The van der Waals surface area contributed by atoms with Crippen molar-refractivity contribution in [1.29, 1.82) is 5.26 Å². The van der Waals surface area contributed by atoms with E-state index in [4.69, 9.17) is 10.00 Å². The topological polar surface area (TPSA) is 82.4 Å². The number of hydrogen-bond acceptors (Lipinski definition) is 4. The maximum Gasteiger partial charge on any atom is 0.252 e. The molecule has 0 saturated carbocycles. The Morgan fingerprint density at radius 2 is 2.11 bits per heavy atom. The average Bonchev–Trinajstić information content (AvgIpc) is 2.45. The van der Waals surface area contributed by atoms with E-state index < -0.39 is 5.60 Å². The lowest BCUT2D eigenvalue weighted by Gasteiger charge is -2.32. The SMILES string of the molecule is N#Cc1ccccc1C(=O)NCC1(O)CCOCC1. The minimum Gasteiger partial charge on any atom is -0.388 e. The molecule has 19 heavy (non-hydrogen) atoms. The van der Waals surface area contributed by atoms with E-state index in [-0.39, 0.29) is 12.5 Å². The fraction of sp³-hybridized carbons (Fsp3) is 0.429. The van der Waals surface area contributed by atoms with Crippen LogP contribution in [0.2, 0.25) is 0 Å². The van der Waals surface area contributed by atoms with Gasteiger partial charge in [0.25, 0.3) is 5.91 Å². The summed E-state index contributed by atoms with van der Waals surface area (Å²) in [5, 5.41) is 21.9. The standard InChI is InChI=1S/C14H16N2O3/c15-9-11-3-1-2-4-12(11)13(17)16-10-14(18)5-7-19-8-6-14/h1-4,18H,5-8,10H2,(H,16,17). The summed E-state index contributed by atoms with van der Waals surface area (Å²) in [6, 6.07) is 8.59. The van der Waals surface area contributed by atoms with Crippen LogP contribution in [0.5, 0.6) is 0 Å². The second-order valence-electron chi connectivity index (χ2n) is 4.68. The van der Waals surface area contributed by atoms with Crippen molar-refractivity contribution in [2.45, 2.75) is 18.4 Å². The summed E-state index contributed by atoms with van der Waals surface area (Å²) in [6.07, 6.45) is 1.01. The molecule has 0 aromatic heterocycles. The van der Waals surface area contributed by atoms with Gasteiger partial charge in [0.05, 0.1) is 22.8 Å². The largest absolute Gasteiger partial charge is 0.388 e. The summed E-state index contributed by atoms with van der Waals surface area (Å²) >= 11 is 0. The van der Waals surface area contributed by atoms with Crippen molar-refractivity contribution in [1.82, 2.24) is 5.32 Å². The molecule has 1 aromatic rings. The zero-order chi connectivity index (χ0) is 13.7. The Balaban J connectivity index is 2.00. The quantitative estimate of drug-likeness (QED) is 0.843.